The van der Waals surface area contributed by atoms with Crippen molar-refractivity contribution in [2.75, 3.05) is 17.8 Å². The first-order valence-electron chi connectivity index (χ1n) is 10.5. The second-order valence-electron chi connectivity index (χ2n) is 8.21. The van der Waals surface area contributed by atoms with Crippen molar-refractivity contribution in [2.24, 2.45) is 0 Å². The molecule has 2 aromatic heterocycles. The number of nitrogens with zero attached hydrogens (tertiary/aromatic N) is 3. The van der Waals surface area contributed by atoms with Crippen LogP contribution >= 0.6 is 0 Å². The van der Waals surface area contributed by atoms with Crippen LogP contribution in [0.1, 0.15) is 59.7 Å². The van der Waals surface area contributed by atoms with Gasteiger partial charge in [-0.25, -0.2) is 4.21 Å². The first-order valence-corrected chi connectivity index (χ1v) is 11.6. The van der Waals surface area contributed by atoms with E-state index in [1.54, 1.807) is 0 Å². The maximum Gasteiger partial charge on any atom is 0.274 e. The number of anilines is 1. The van der Waals surface area contributed by atoms with E-state index in [1.165, 1.54) is 0 Å². The van der Waals surface area contributed by atoms with Gasteiger partial charge < -0.3 is 9.62 Å². The van der Waals surface area contributed by atoms with Gasteiger partial charge in [-0.05, 0) is 49.6 Å². The van der Waals surface area contributed by atoms with Crippen molar-refractivity contribution in [3.63, 3.8) is 0 Å². The van der Waals surface area contributed by atoms with Gasteiger partial charge in [0.15, 0.2) is 0 Å². The standard InChI is InChI=1S/C23H27N5O2S/c1-15(2)20-13-22(26-25-20)23(29)28-10-9-17(14-28)21-12-18(11-16(3)24-21)27-31(30)19-7-5-4-6-8-19/h4-8,11-13,15,17H,9-10,14H2,1-3H3,(H,24,27)(H,25,26). The summed E-state index contributed by atoms with van der Waals surface area (Å²) in [6.07, 6.45) is 0.838. The summed E-state index contributed by atoms with van der Waals surface area (Å²) in [6.45, 7) is 7.32. The Kier molecular flexibility index (Phi) is 6.18. The molecule has 1 saturated heterocycles. The molecule has 2 atom stereocenters. The summed E-state index contributed by atoms with van der Waals surface area (Å²) in [6, 6.07) is 15.0. The molecular formula is C23H27N5O2S. The molecule has 31 heavy (non-hydrogen) atoms. The molecule has 7 nitrogen and oxygen atoms in total. The molecule has 2 unspecified atom stereocenters. The van der Waals surface area contributed by atoms with Crippen molar-refractivity contribution in [3.8, 4) is 0 Å². The van der Waals surface area contributed by atoms with Crippen LogP contribution in [0.4, 0.5) is 5.69 Å². The highest BCUT2D eigenvalue weighted by molar-refractivity contribution is 7.86. The lowest BCUT2D eigenvalue weighted by Crippen LogP contribution is -2.28. The smallest absolute Gasteiger partial charge is 0.274 e. The fraction of sp³-hybridized carbons (Fsp3) is 0.348. The van der Waals surface area contributed by atoms with Crippen molar-refractivity contribution in [1.29, 1.82) is 0 Å². The molecule has 2 N–H and O–H groups in total. The maximum atomic E-state index is 12.9. The Hall–Kier alpha value is -3.00. The van der Waals surface area contributed by atoms with Gasteiger partial charge in [-0.15, -0.1) is 0 Å². The number of benzene rings is 1. The molecule has 8 heteroatoms. The normalized spacial score (nSPS) is 17.2. The fourth-order valence-electron chi connectivity index (χ4n) is 3.76. The molecule has 3 aromatic rings. The van der Waals surface area contributed by atoms with E-state index in [2.05, 4.69) is 28.8 Å². The van der Waals surface area contributed by atoms with E-state index < -0.39 is 11.0 Å². The molecule has 0 saturated carbocycles. The third-order valence-electron chi connectivity index (χ3n) is 5.47. The van der Waals surface area contributed by atoms with Crippen LogP contribution in [0.15, 0.2) is 53.4 Å². The minimum Gasteiger partial charge on any atom is -0.337 e. The third kappa shape index (κ3) is 4.85. The Morgan fingerprint density at radius 2 is 2.00 bits per heavy atom. The number of pyridine rings is 1. The van der Waals surface area contributed by atoms with Crippen LogP contribution in [0.3, 0.4) is 0 Å². The number of aromatic nitrogens is 3. The SMILES string of the molecule is Cc1cc(NS(=O)c2ccccc2)cc(C2CCN(C(=O)c3cc(C(C)C)[nH]n3)C2)n1. The number of likely N-dealkylation sites (tertiary alicyclic amines) is 1. The van der Waals surface area contributed by atoms with Crippen molar-refractivity contribution < 1.29 is 9.00 Å². The van der Waals surface area contributed by atoms with Crippen LogP contribution in [0.2, 0.25) is 0 Å². The lowest BCUT2D eigenvalue weighted by Gasteiger charge is -2.16. The number of aromatic amines is 1. The van der Waals surface area contributed by atoms with Crippen molar-refractivity contribution in [3.05, 3.63) is 71.3 Å². The summed E-state index contributed by atoms with van der Waals surface area (Å²) in [7, 11) is -1.35. The highest BCUT2D eigenvalue weighted by Crippen LogP contribution is 2.29. The molecular weight excluding hydrogens is 410 g/mol. The van der Waals surface area contributed by atoms with E-state index in [0.717, 1.165) is 34.1 Å². The van der Waals surface area contributed by atoms with Gasteiger partial charge in [0.25, 0.3) is 5.91 Å². The van der Waals surface area contributed by atoms with Gasteiger partial charge in [-0.3, -0.25) is 14.9 Å². The number of amides is 1. The molecule has 1 fully saturated rings. The first kappa shape index (κ1) is 21.2. The van der Waals surface area contributed by atoms with E-state index in [1.807, 2.05) is 60.4 Å². The quantitative estimate of drug-likeness (QED) is 0.610. The number of rotatable bonds is 6. The van der Waals surface area contributed by atoms with Crippen molar-refractivity contribution in [2.45, 2.75) is 43.9 Å². The summed E-state index contributed by atoms with van der Waals surface area (Å²) in [5, 5.41) is 7.15. The topological polar surface area (TPSA) is 91.0 Å². The summed E-state index contributed by atoms with van der Waals surface area (Å²) in [5.41, 5.74) is 3.95. The Balaban J connectivity index is 1.46. The van der Waals surface area contributed by atoms with Gasteiger partial charge in [0.2, 0.25) is 0 Å². The molecule has 1 aliphatic heterocycles. The minimum absolute atomic E-state index is 0.0539. The molecule has 0 radical (unpaired) electrons. The predicted molar refractivity (Wildman–Crippen MR) is 121 cm³/mol. The number of aryl methyl sites for hydroxylation is 1. The number of nitrogens with one attached hydrogen (secondary N) is 2. The lowest BCUT2D eigenvalue weighted by atomic mass is 10.0. The van der Waals surface area contributed by atoms with Gasteiger partial charge in [-0.2, -0.15) is 5.10 Å². The van der Waals surface area contributed by atoms with Crippen molar-refractivity contribution in [1.82, 2.24) is 20.1 Å². The van der Waals surface area contributed by atoms with Gasteiger partial charge in [0.05, 0.1) is 10.6 Å². The molecule has 4 rings (SSSR count). The largest absolute Gasteiger partial charge is 0.337 e. The maximum absolute atomic E-state index is 12.9. The van der Waals surface area contributed by atoms with E-state index >= 15 is 0 Å². The summed E-state index contributed by atoms with van der Waals surface area (Å²) < 4.78 is 15.7. The van der Waals surface area contributed by atoms with Gasteiger partial charge in [-0.1, -0.05) is 32.0 Å². The average molecular weight is 438 g/mol. The van der Waals surface area contributed by atoms with Gasteiger partial charge in [0.1, 0.15) is 16.7 Å². The summed E-state index contributed by atoms with van der Waals surface area (Å²) in [5.74, 6) is 0.379. The van der Waals surface area contributed by atoms with E-state index in [9.17, 15) is 9.00 Å². The molecule has 3 heterocycles. The molecule has 0 spiro atoms. The molecule has 1 aliphatic rings. The van der Waals surface area contributed by atoms with E-state index in [4.69, 9.17) is 4.98 Å². The summed E-state index contributed by atoms with van der Waals surface area (Å²) in [4.78, 5) is 20.1. The molecule has 0 aliphatic carbocycles. The van der Waals surface area contributed by atoms with Crippen LogP contribution in [0.25, 0.3) is 0 Å². The second-order valence-corrected chi connectivity index (χ2v) is 9.42. The monoisotopic (exact) mass is 437 g/mol. The zero-order valence-electron chi connectivity index (χ0n) is 18.0. The molecule has 1 aromatic carbocycles. The number of hydrogen-bond acceptors (Lipinski definition) is 4. The third-order valence-corrected chi connectivity index (χ3v) is 6.60. The van der Waals surface area contributed by atoms with Crippen LogP contribution in [-0.4, -0.2) is 43.3 Å². The number of carbonyl (C=O) groups is 1. The minimum atomic E-state index is -1.35. The zero-order valence-corrected chi connectivity index (χ0v) is 18.8. The highest BCUT2D eigenvalue weighted by Gasteiger charge is 2.30. The number of hydrogen-bond donors (Lipinski definition) is 2. The van der Waals surface area contributed by atoms with Crippen LogP contribution in [0.5, 0.6) is 0 Å². The Labute approximate surface area is 184 Å². The Bertz CT molecular complexity index is 1100. The lowest BCUT2D eigenvalue weighted by molar-refractivity contribution is 0.0785. The fourth-order valence-corrected chi connectivity index (χ4v) is 4.62. The van der Waals surface area contributed by atoms with Crippen LogP contribution in [-0.2, 0) is 11.0 Å². The number of carbonyl (C=O) groups excluding carboxylic acids is 1. The Morgan fingerprint density at radius 1 is 1.23 bits per heavy atom. The Morgan fingerprint density at radius 3 is 2.71 bits per heavy atom. The average Bonchev–Trinajstić information content (AvgIpc) is 3.44. The zero-order chi connectivity index (χ0) is 22.0. The van der Waals surface area contributed by atoms with Crippen LogP contribution in [0, 0.1) is 6.92 Å². The van der Waals surface area contributed by atoms with Gasteiger partial charge in [0, 0.05) is 36.1 Å². The molecule has 0 bridgehead atoms. The highest BCUT2D eigenvalue weighted by atomic mass is 32.2. The first-order chi connectivity index (χ1) is 14.9. The van der Waals surface area contributed by atoms with Crippen molar-refractivity contribution >= 4 is 22.6 Å². The van der Waals surface area contributed by atoms with E-state index in [0.29, 0.717) is 24.7 Å². The van der Waals surface area contributed by atoms with E-state index in [-0.39, 0.29) is 11.8 Å². The second kappa shape index (κ2) is 9.01. The van der Waals surface area contributed by atoms with Gasteiger partial charge >= 0.3 is 0 Å². The molecule has 162 valence electrons. The van der Waals surface area contributed by atoms with Crippen LogP contribution < -0.4 is 4.72 Å². The summed E-state index contributed by atoms with van der Waals surface area (Å²) >= 11 is 0. The molecule has 1 amide bonds. The number of H-pyrrole nitrogens is 1. The predicted octanol–water partition coefficient (Wildman–Crippen LogP) is 4.00.